The van der Waals surface area contributed by atoms with Crippen molar-refractivity contribution >= 4 is 11.6 Å². The monoisotopic (exact) mass is 484 g/mol. The Bertz CT molecular complexity index is 1300. The summed E-state index contributed by atoms with van der Waals surface area (Å²) in [7, 11) is 1.63. The van der Waals surface area contributed by atoms with Gasteiger partial charge >= 0.3 is 0 Å². The van der Waals surface area contributed by atoms with Gasteiger partial charge in [-0.1, -0.05) is 45.4 Å². The lowest BCUT2D eigenvalue weighted by Gasteiger charge is -2.22. The fourth-order valence-corrected chi connectivity index (χ4v) is 4.69. The predicted molar refractivity (Wildman–Crippen MR) is 143 cm³/mol. The third kappa shape index (κ3) is 5.46. The molecule has 0 fully saturated rings. The molecule has 0 amide bonds. The molecule has 2 aromatic carbocycles. The molecule has 1 aromatic heterocycles. The summed E-state index contributed by atoms with van der Waals surface area (Å²) < 4.78 is 13.9. The van der Waals surface area contributed by atoms with Crippen LogP contribution in [0.2, 0.25) is 0 Å². The quantitative estimate of drug-likeness (QED) is 0.370. The molecule has 0 atom stereocenters. The summed E-state index contributed by atoms with van der Waals surface area (Å²) >= 11 is 0. The number of aromatic nitrogens is 3. The Morgan fingerprint density at radius 2 is 1.81 bits per heavy atom. The van der Waals surface area contributed by atoms with Gasteiger partial charge in [-0.3, -0.25) is 0 Å². The third-order valence-electron chi connectivity index (χ3n) is 6.90. The Morgan fingerprint density at radius 3 is 2.47 bits per heavy atom. The van der Waals surface area contributed by atoms with Crippen molar-refractivity contribution in [1.29, 1.82) is 5.26 Å². The Balaban J connectivity index is 1.57. The fraction of sp³-hybridized carbons (Fsp3) is 0.433. The number of fused-ring (bicyclic) bond motifs is 1. The van der Waals surface area contributed by atoms with Crippen molar-refractivity contribution in [2.75, 3.05) is 7.11 Å². The minimum Gasteiger partial charge on any atom is -0.493 e. The number of rotatable bonds is 6. The maximum absolute atomic E-state index is 9.89. The second kappa shape index (κ2) is 10.6. The molecule has 0 N–H and O–H groups in total. The van der Waals surface area contributed by atoms with Gasteiger partial charge in [-0.15, -0.1) is 10.2 Å². The third-order valence-corrected chi connectivity index (χ3v) is 6.90. The van der Waals surface area contributed by atoms with Gasteiger partial charge in [0.1, 0.15) is 18.5 Å². The second-order valence-corrected chi connectivity index (χ2v) is 10.6. The Hall–Kier alpha value is -3.59. The van der Waals surface area contributed by atoms with E-state index >= 15 is 0 Å². The molecule has 0 radical (unpaired) electrons. The van der Waals surface area contributed by atoms with Gasteiger partial charge in [0.25, 0.3) is 0 Å². The first kappa shape index (κ1) is 25.5. The van der Waals surface area contributed by atoms with E-state index in [2.05, 4.69) is 67.6 Å². The van der Waals surface area contributed by atoms with Gasteiger partial charge in [0.05, 0.1) is 12.7 Å². The molecule has 4 rings (SSSR count). The van der Waals surface area contributed by atoms with Crippen molar-refractivity contribution in [1.82, 2.24) is 14.8 Å². The fourth-order valence-electron chi connectivity index (χ4n) is 4.69. The topological polar surface area (TPSA) is 73.0 Å². The number of benzene rings is 2. The zero-order chi connectivity index (χ0) is 25.9. The molecule has 0 unspecified atom stereocenters. The van der Waals surface area contributed by atoms with Gasteiger partial charge in [-0.2, -0.15) is 5.26 Å². The summed E-state index contributed by atoms with van der Waals surface area (Å²) in [5, 5.41) is 18.6. The number of hydrogen-bond donors (Lipinski definition) is 0. The van der Waals surface area contributed by atoms with E-state index in [1.54, 1.807) is 7.11 Å². The first-order chi connectivity index (χ1) is 17.2. The van der Waals surface area contributed by atoms with Crippen LogP contribution >= 0.6 is 0 Å². The van der Waals surface area contributed by atoms with E-state index in [0.717, 1.165) is 37.2 Å². The summed E-state index contributed by atoms with van der Waals surface area (Å²) in [6.45, 7) is 12.3. The molecular formula is C30H36N4O2. The molecule has 0 bridgehead atoms. The lowest BCUT2D eigenvalue weighted by Crippen LogP contribution is -2.13. The van der Waals surface area contributed by atoms with Crippen LogP contribution in [-0.4, -0.2) is 21.9 Å². The molecular weight excluding hydrogens is 448 g/mol. The van der Waals surface area contributed by atoms with Crippen LogP contribution in [0, 0.1) is 25.2 Å². The standard InChI is InChI=1S/C30H36N4O2/c1-20-14-24(30(3,4)5)15-21(2)25(20)19-36-26-12-11-22(17-27(26)35-6)16-23(18-31)29-33-32-28-10-8-7-9-13-34(28)29/h11-12,14-17H,7-10,13,19H2,1-6H3/b23-16+. The highest BCUT2D eigenvalue weighted by molar-refractivity contribution is 5.87. The summed E-state index contributed by atoms with van der Waals surface area (Å²) in [4.78, 5) is 0. The zero-order valence-corrected chi connectivity index (χ0v) is 22.3. The predicted octanol–water partition coefficient (Wildman–Crippen LogP) is 6.57. The van der Waals surface area contributed by atoms with Crippen molar-refractivity contribution in [2.24, 2.45) is 0 Å². The molecule has 0 saturated carbocycles. The molecule has 1 aliphatic rings. The van der Waals surface area contributed by atoms with Crippen LogP contribution in [0.15, 0.2) is 30.3 Å². The van der Waals surface area contributed by atoms with Crippen LogP contribution in [0.3, 0.4) is 0 Å². The van der Waals surface area contributed by atoms with Crippen LogP contribution in [0.4, 0.5) is 0 Å². The van der Waals surface area contributed by atoms with Crippen LogP contribution in [0.25, 0.3) is 11.6 Å². The minimum atomic E-state index is 0.106. The van der Waals surface area contributed by atoms with Crippen molar-refractivity contribution < 1.29 is 9.47 Å². The zero-order valence-electron chi connectivity index (χ0n) is 22.3. The summed E-state index contributed by atoms with van der Waals surface area (Å²) in [6, 6.07) is 12.6. The van der Waals surface area contributed by atoms with E-state index in [-0.39, 0.29) is 5.41 Å². The van der Waals surface area contributed by atoms with E-state index in [9.17, 15) is 5.26 Å². The van der Waals surface area contributed by atoms with Gasteiger partial charge in [-0.05, 0) is 78.1 Å². The Labute approximate surface area is 214 Å². The lowest BCUT2D eigenvalue weighted by atomic mass is 9.84. The normalized spacial score (nSPS) is 14.1. The number of allylic oxidation sites excluding steroid dienone is 1. The van der Waals surface area contributed by atoms with Crippen molar-refractivity contribution in [3.63, 3.8) is 0 Å². The van der Waals surface area contributed by atoms with Crippen LogP contribution in [0.1, 0.15) is 79.5 Å². The van der Waals surface area contributed by atoms with Gasteiger partial charge in [0.2, 0.25) is 0 Å². The number of nitriles is 1. The number of methoxy groups -OCH3 is 1. The molecule has 1 aliphatic heterocycles. The van der Waals surface area contributed by atoms with E-state index in [1.165, 1.54) is 28.7 Å². The van der Waals surface area contributed by atoms with E-state index in [4.69, 9.17) is 9.47 Å². The summed E-state index contributed by atoms with van der Waals surface area (Å²) in [6.07, 6.45) is 6.11. The Morgan fingerprint density at radius 1 is 1.06 bits per heavy atom. The first-order valence-corrected chi connectivity index (χ1v) is 12.7. The van der Waals surface area contributed by atoms with Crippen molar-refractivity contribution in [3.8, 4) is 17.6 Å². The highest BCUT2D eigenvalue weighted by Crippen LogP contribution is 2.32. The Kier molecular flexibility index (Phi) is 7.49. The van der Waals surface area contributed by atoms with Gasteiger partial charge in [-0.25, -0.2) is 0 Å². The number of aryl methyl sites for hydroxylation is 3. The average molecular weight is 485 g/mol. The molecule has 6 nitrogen and oxygen atoms in total. The SMILES string of the molecule is COc1cc(/C=C(\C#N)c2nnc3n2CCCCC3)ccc1OCc1c(C)cc(C(C)(C)C)cc1C. The number of ether oxygens (including phenoxy) is 2. The van der Waals surface area contributed by atoms with Crippen molar-refractivity contribution in [3.05, 3.63) is 69.8 Å². The van der Waals surface area contributed by atoms with Gasteiger partial charge in [0.15, 0.2) is 17.3 Å². The number of nitrogens with zero attached hydrogens (tertiary/aromatic N) is 4. The second-order valence-electron chi connectivity index (χ2n) is 10.6. The highest BCUT2D eigenvalue weighted by Gasteiger charge is 2.19. The van der Waals surface area contributed by atoms with Crippen LogP contribution in [-0.2, 0) is 25.0 Å². The van der Waals surface area contributed by atoms with Crippen molar-refractivity contribution in [2.45, 2.75) is 78.9 Å². The smallest absolute Gasteiger partial charge is 0.174 e. The van der Waals surface area contributed by atoms with E-state index in [0.29, 0.717) is 29.5 Å². The first-order valence-electron chi connectivity index (χ1n) is 12.7. The number of hydrogen-bond acceptors (Lipinski definition) is 5. The maximum Gasteiger partial charge on any atom is 0.174 e. The average Bonchev–Trinajstić information content (AvgIpc) is 3.09. The minimum absolute atomic E-state index is 0.106. The molecule has 36 heavy (non-hydrogen) atoms. The molecule has 0 spiro atoms. The van der Waals surface area contributed by atoms with Gasteiger partial charge < -0.3 is 14.0 Å². The van der Waals surface area contributed by atoms with E-state index < -0.39 is 0 Å². The van der Waals surface area contributed by atoms with Crippen LogP contribution in [0.5, 0.6) is 11.5 Å². The summed E-state index contributed by atoms with van der Waals surface area (Å²) in [5.41, 5.74) is 6.42. The molecule has 188 valence electrons. The van der Waals surface area contributed by atoms with E-state index in [1.807, 2.05) is 24.3 Å². The molecule has 6 heteroatoms. The molecule has 0 aliphatic carbocycles. The van der Waals surface area contributed by atoms with Gasteiger partial charge in [0, 0.05) is 13.0 Å². The molecule has 0 saturated heterocycles. The molecule has 2 heterocycles. The largest absolute Gasteiger partial charge is 0.493 e. The maximum atomic E-state index is 9.89. The summed E-state index contributed by atoms with van der Waals surface area (Å²) in [5.74, 6) is 2.90. The van der Waals surface area contributed by atoms with Crippen LogP contribution < -0.4 is 9.47 Å². The lowest BCUT2D eigenvalue weighted by molar-refractivity contribution is 0.283. The molecule has 3 aromatic rings. The highest BCUT2D eigenvalue weighted by atomic mass is 16.5.